The molecule has 5 rings (SSSR count). The summed E-state index contributed by atoms with van der Waals surface area (Å²) in [4.78, 5) is 49.7. The Morgan fingerprint density at radius 2 is 1.64 bits per heavy atom. The summed E-state index contributed by atoms with van der Waals surface area (Å²) in [6.07, 6.45) is -0.128. The molecule has 12 heteroatoms. The van der Waals surface area contributed by atoms with Crippen molar-refractivity contribution >= 4 is 51.9 Å². The largest absolute Gasteiger partial charge is 0.497 e. The average molecular weight is 588 g/mol. The summed E-state index contributed by atoms with van der Waals surface area (Å²) >= 11 is 1.15. The van der Waals surface area contributed by atoms with Gasteiger partial charge in [0.05, 0.1) is 44.9 Å². The molecule has 0 bridgehead atoms. The molecule has 0 aliphatic carbocycles. The van der Waals surface area contributed by atoms with Crippen molar-refractivity contribution in [2.45, 2.75) is 19.0 Å². The number of amides is 3. The van der Waals surface area contributed by atoms with Gasteiger partial charge < -0.3 is 24.8 Å². The number of aliphatic imine (C=N–C) groups is 2. The fourth-order valence-corrected chi connectivity index (χ4v) is 5.37. The minimum absolute atomic E-state index is 0.0181. The summed E-state index contributed by atoms with van der Waals surface area (Å²) in [5.74, 6) is 1.09. The molecule has 2 aliphatic rings. The molecule has 2 aliphatic heterocycles. The van der Waals surface area contributed by atoms with Crippen molar-refractivity contribution in [2.75, 3.05) is 32.4 Å². The number of nitrogens with zero attached hydrogens (tertiary/aromatic N) is 3. The van der Waals surface area contributed by atoms with E-state index >= 15 is 0 Å². The van der Waals surface area contributed by atoms with E-state index in [0.29, 0.717) is 46.0 Å². The Labute approximate surface area is 247 Å². The molecule has 0 radical (unpaired) electrons. The van der Waals surface area contributed by atoms with Crippen molar-refractivity contribution in [2.24, 2.45) is 9.98 Å². The number of hydrogen-bond acceptors (Lipinski definition) is 9. The molecular formula is C30H29N5O6S. The molecule has 1 atom stereocenters. The lowest BCUT2D eigenvalue weighted by Gasteiger charge is -2.30. The molecule has 0 saturated heterocycles. The predicted octanol–water partition coefficient (Wildman–Crippen LogP) is 3.75. The van der Waals surface area contributed by atoms with Gasteiger partial charge in [0.15, 0.2) is 5.17 Å². The number of benzene rings is 3. The summed E-state index contributed by atoms with van der Waals surface area (Å²) in [6, 6.07) is 18.9. The standard InChI is InChI=1S/C30H29N5O6S/c1-39-19-10-8-18(9-11-19)16-31-26(36)15-24-29(38)34-28-21-6-4-5-7-22(21)33-30(35(24)28)42-17-27(37)32-23-14-20(40-2)12-13-25(23)41-3/h4-14,24H,15-17H2,1-3H3,(H,31,36)(H,32,37). The zero-order chi connectivity index (χ0) is 29.6. The van der Waals surface area contributed by atoms with Crippen LogP contribution < -0.4 is 24.8 Å². The summed E-state index contributed by atoms with van der Waals surface area (Å²) in [5, 5.41) is 6.11. The van der Waals surface area contributed by atoms with Crippen LogP contribution in [0.15, 0.2) is 76.7 Å². The normalized spacial score (nSPS) is 15.2. The van der Waals surface area contributed by atoms with E-state index in [2.05, 4.69) is 15.6 Å². The van der Waals surface area contributed by atoms with Crippen LogP contribution in [0, 0.1) is 0 Å². The lowest BCUT2D eigenvalue weighted by atomic mass is 10.1. The highest BCUT2D eigenvalue weighted by atomic mass is 32.2. The van der Waals surface area contributed by atoms with Crippen LogP contribution in [-0.4, -0.2) is 66.7 Å². The molecular weight excluding hydrogens is 558 g/mol. The topological polar surface area (TPSA) is 131 Å². The zero-order valence-electron chi connectivity index (χ0n) is 23.2. The second-order valence-electron chi connectivity index (χ2n) is 9.30. The fourth-order valence-electron chi connectivity index (χ4n) is 4.52. The van der Waals surface area contributed by atoms with Gasteiger partial charge in [0.2, 0.25) is 11.8 Å². The van der Waals surface area contributed by atoms with Gasteiger partial charge >= 0.3 is 0 Å². The average Bonchev–Trinajstić information content (AvgIpc) is 3.34. The minimum atomic E-state index is -0.892. The Bertz CT molecular complexity index is 1570. The second kappa shape index (κ2) is 12.8. The van der Waals surface area contributed by atoms with Gasteiger partial charge in [-0.2, -0.15) is 4.99 Å². The first-order valence-corrected chi connectivity index (χ1v) is 14.0. The van der Waals surface area contributed by atoms with Gasteiger partial charge in [-0.05, 0) is 42.0 Å². The number of para-hydroxylation sites is 1. The van der Waals surface area contributed by atoms with Gasteiger partial charge in [-0.25, -0.2) is 4.99 Å². The molecule has 216 valence electrons. The van der Waals surface area contributed by atoms with E-state index < -0.39 is 11.9 Å². The van der Waals surface area contributed by atoms with E-state index in [1.165, 1.54) is 14.2 Å². The molecule has 42 heavy (non-hydrogen) atoms. The van der Waals surface area contributed by atoms with E-state index in [1.807, 2.05) is 48.5 Å². The molecule has 0 aromatic heterocycles. The van der Waals surface area contributed by atoms with Gasteiger partial charge in [-0.1, -0.05) is 36.0 Å². The molecule has 0 spiro atoms. The summed E-state index contributed by atoms with van der Waals surface area (Å²) in [5.41, 5.74) is 2.66. The van der Waals surface area contributed by atoms with Crippen molar-refractivity contribution in [1.82, 2.24) is 10.2 Å². The monoisotopic (exact) mass is 587 g/mol. The molecule has 11 nitrogen and oxygen atoms in total. The number of carbonyl (C=O) groups excluding carboxylic acids is 3. The van der Waals surface area contributed by atoms with Crippen LogP contribution in [0.3, 0.4) is 0 Å². The molecule has 2 heterocycles. The van der Waals surface area contributed by atoms with Crippen molar-refractivity contribution in [3.63, 3.8) is 0 Å². The highest BCUT2D eigenvalue weighted by Gasteiger charge is 2.42. The maximum absolute atomic E-state index is 13.1. The fraction of sp³-hybridized carbons (Fsp3) is 0.233. The lowest BCUT2D eigenvalue weighted by molar-refractivity contribution is -0.126. The minimum Gasteiger partial charge on any atom is -0.497 e. The van der Waals surface area contributed by atoms with E-state index in [1.54, 1.807) is 30.2 Å². The molecule has 2 N–H and O–H groups in total. The molecule has 3 aromatic carbocycles. The Kier molecular flexibility index (Phi) is 8.72. The Hall–Kier alpha value is -4.84. The van der Waals surface area contributed by atoms with Gasteiger partial charge in [0.1, 0.15) is 29.1 Å². The molecule has 0 fully saturated rings. The summed E-state index contributed by atoms with van der Waals surface area (Å²) in [6.45, 7) is 0.296. The number of fused-ring (bicyclic) bond motifs is 3. The van der Waals surface area contributed by atoms with Crippen molar-refractivity contribution in [3.05, 3.63) is 77.9 Å². The van der Waals surface area contributed by atoms with Crippen LogP contribution in [-0.2, 0) is 20.9 Å². The first-order chi connectivity index (χ1) is 20.4. The van der Waals surface area contributed by atoms with Crippen LogP contribution in [0.25, 0.3) is 0 Å². The van der Waals surface area contributed by atoms with Gasteiger partial charge in [0.25, 0.3) is 5.91 Å². The van der Waals surface area contributed by atoms with Crippen LogP contribution in [0.5, 0.6) is 17.2 Å². The second-order valence-corrected chi connectivity index (χ2v) is 10.2. The number of methoxy groups -OCH3 is 3. The van der Waals surface area contributed by atoms with Crippen molar-refractivity contribution < 1.29 is 28.6 Å². The summed E-state index contributed by atoms with van der Waals surface area (Å²) in [7, 11) is 4.64. The Morgan fingerprint density at radius 3 is 2.38 bits per heavy atom. The van der Waals surface area contributed by atoms with E-state index in [-0.39, 0.29) is 24.0 Å². The quantitative estimate of drug-likeness (QED) is 0.367. The van der Waals surface area contributed by atoms with Crippen LogP contribution >= 0.6 is 11.8 Å². The van der Waals surface area contributed by atoms with Gasteiger partial charge in [-0.3, -0.25) is 19.3 Å². The number of nitrogens with one attached hydrogen (secondary N) is 2. The number of hydrogen-bond donors (Lipinski definition) is 2. The summed E-state index contributed by atoms with van der Waals surface area (Å²) < 4.78 is 15.8. The number of thioether (sulfide) groups is 1. The first kappa shape index (κ1) is 28.7. The van der Waals surface area contributed by atoms with Crippen molar-refractivity contribution in [3.8, 4) is 17.2 Å². The van der Waals surface area contributed by atoms with E-state index in [0.717, 1.165) is 23.1 Å². The molecule has 0 saturated carbocycles. The number of carbonyl (C=O) groups is 3. The number of amidine groups is 2. The van der Waals surface area contributed by atoms with Crippen LogP contribution in [0.4, 0.5) is 11.4 Å². The lowest BCUT2D eigenvalue weighted by Crippen LogP contribution is -2.46. The highest BCUT2D eigenvalue weighted by molar-refractivity contribution is 8.14. The molecule has 1 unspecified atom stereocenters. The highest BCUT2D eigenvalue weighted by Crippen LogP contribution is 2.35. The first-order valence-electron chi connectivity index (χ1n) is 13.0. The number of rotatable bonds is 10. The third-order valence-electron chi connectivity index (χ3n) is 6.65. The molecule has 3 aromatic rings. The third kappa shape index (κ3) is 6.23. The predicted molar refractivity (Wildman–Crippen MR) is 161 cm³/mol. The SMILES string of the molecule is COc1ccc(CNC(=O)CC2C(=O)N=C3c4ccccc4N=C(SCC(=O)Nc4cc(OC)ccc4OC)N32)cc1. The third-order valence-corrected chi connectivity index (χ3v) is 7.60. The van der Waals surface area contributed by atoms with E-state index in [9.17, 15) is 14.4 Å². The van der Waals surface area contributed by atoms with Crippen LogP contribution in [0.2, 0.25) is 0 Å². The zero-order valence-corrected chi connectivity index (χ0v) is 24.1. The Morgan fingerprint density at radius 1 is 0.905 bits per heavy atom. The maximum Gasteiger partial charge on any atom is 0.271 e. The van der Waals surface area contributed by atoms with Gasteiger partial charge in [0, 0.05) is 18.2 Å². The number of anilines is 1. The van der Waals surface area contributed by atoms with Crippen molar-refractivity contribution in [1.29, 1.82) is 0 Å². The number of ether oxygens (including phenoxy) is 3. The maximum atomic E-state index is 13.1. The molecule has 3 amide bonds. The van der Waals surface area contributed by atoms with E-state index in [4.69, 9.17) is 19.2 Å². The van der Waals surface area contributed by atoms with Crippen LogP contribution in [0.1, 0.15) is 17.5 Å². The smallest absolute Gasteiger partial charge is 0.271 e. The van der Waals surface area contributed by atoms with Gasteiger partial charge in [-0.15, -0.1) is 0 Å². The Balaban J connectivity index is 1.30.